The second-order valence-electron chi connectivity index (χ2n) is 3.78. The van der Waals surface area contributed by atoms with Crippen LogP contribution in [-0.4, -0.2) is 31.6 Å². The zero-order valence-corrected chi connectivity index (χ0v) is 9.24. The van der Waals surface area contributed by atoms with E-state index >= 15 is 0 Å². The highest BCUT2D eigenvalue weighted by Gasteiger charge is 2.29. The van der Waals surface area contributed by atoms with Crippen LogP contribution < -0.4 is 15.5 Å². The lowest BCUT2D eigenvalue weighted by atomic mass is 10.2. The lowest BCUT2D eigenvalue weighted by Crippen LogP contribution is -2.44. The molecule has 0 radical (unpaired) electrons. The van der Waals surface area contributed by atoms with E-state index in [0.717, 1.165) is 0 Å². The minimum absolute atomic E-state index is 0.241. The van der Waals surface area contributed by atoms with Crippen molar-refractivity contribution in [1.82, 2.24) is 10.6 Å². The van der Waals surface area contributed by atoms with Crippen LogP contribution in [-0.2, 0) is 4.79 Å². The summed E-state index contributed by atoms with van der Waals surface area (Å²) in [6.07, 6.45) is 0. The lowest BCUT2D eigenvalue weighted by Gasteiger charge is -2.20. The van der Waals surface area contributed by atoms with E-state index in [-0.39, 0.29) is 24.3 Å². The Balaban J connectivity index is 2.09. The SMILES string of the molecule is CN(C(=O)[C@@H]1CNC(=O)N1)c1ccc(F)cc1. The summed E-state index contributed by atoms with van der Waals surface area (Å²) in [5.41, 5.74) is 0.581. The number of carbonyl (C=O) groups is 2. The summed E-state index contributed by atoms with van der Waals surface area (Å²) in [4.78, 5) is 24.3. The van der Waals surface area contributed by atoms with Crippen molar-refractivity contribution in [3.63, 3.8) is 0 Å². The minimum atomic E-state index is -0.572. The molecule has 0 aromatic heterocycles. The highest BCUT2D eigenvalue weighted by Crippen LogP contribution is 2.14. The Kier molecular flexibility index (Phi) is 2.95. The van der Waals surface area contributed by atoms with Crippen molar-refractivity contribution in [2.45, 2.75) is 6.04 Å². The molecule has 5 nitrogen and oxygen atoms in total. The molecular weight excluding hydrogens is 225 g/mol. The number of hydrogen-bond acceptors (Lipinski definition) is 2. The molecule has 2 rings (SSSR count). The Bertz CT molecular complexity index is 447. The fourth-order valence-corrected chi connectivity index (χ4v) is 1.63. The van der Waals surface area contributed by atoms with Gasteiger partial charge in [-0.3, -0.25) is 4.79 Å². The number of nitrogens with zero attached hydrogens (tertiary/aromatic N) is 1. The van der Waals surface area contributed by atoms with E-state index < -0.39 is 6.04 Å². The van der Waals surface area contributed by atoms with E-state index in [0.29, 0.717) is 5.69 Å². The third-order valence-electron chi connectivity index (χ3n) is 2.61. The molecule has 1 heterocycles. The molecule has 0 aliphatic carbocycles. The average Bonchev–Trinajstić information content (AvgIpc) is 2.75. The standard InChI is InChI=1S/C11H12FN3O2/c1-15(8-4-2-7(12)3-5-8)10(16)9-6-13-11(17)14-9/h2-5,9H,6H2,1H3,(H2,13,14,17)/t9-/m0/s1. The summed E-state index contributed by atoms with van der Waals surface area (Å²) in [6, 6.07) is 4.66. The van der Waals surface area contributed by atoms with Crippen molar-refractivity contribution < 1.29 is 14.0 Å². The van der Waals surface area contributed by atoms with Gasteiger partial charge in [0, 0.05) is 19.3 Å². The van der Waals surface area contributed by atoms with Crippen LogP contribution in [0.2, 0.25) is 0 Å². The first-order valence-corrected chi connectivity index (χ1v) is 5.15. The van der Waals surface area contributed by atoms with Gasteiger partial charge in [0.05, 0.1) is 0 Å². The Morgan fingerprint density at radius 3 is 2.59 bits per heavy atom. The maximum atomic E-state index is 12.7. The Labute approximate surface area is 97.6 Å². The number of halogens is 1. The van der Waals surface area contributed by atoms with Crippen LogP contribution in [0, 0.1) is 5.82 Å². The van der Waals surface area contributed by atoms with Gasteiger partial charge in [-0.2, -0.15) is 0 Å². The van der Waals surface area contributed by atoms with Crippen LogP contribution in [0.1, 0.15) is 0 Å². The molecule has 6 heteroatoms. The number of anilines is 1. The third kappa shape index (κ3) is 2.35. The van der Waals surface area contributed by atoms with Crippen molar-refractivity contribution in [3.8, 4) is 0 Å². The molecule has 1 saturated heterocycles. The molecule has 17 heavy (non-hydrogen) atoms. The van der Waals surface area contributed by atoms with E-state index in [1.165, 1.54) is 29.2 Å². The summed E-state index contributed by atoms with van der Waals surface area (Å²) >= 11 is 0. The number of urea groups is 1. The molecule has 1 aromatic carbocycles. The predicted octanol–water partition coefficient (Wildman–Crippen LogP) is 0.470. The maximum Gasteiger partial charge on any atom is 0.315 e. The van der Waals surface area contributed by atoms with E-state index in [1.807, 2.05) is 0 Å². The number of carbonyl (C=O) groups excluding carboxylic acids is 2. The Morgan fingerprint density at radius 2 is 2.06 bits per heavy atom. The largest absolute Gasteiger partial charge is 0.336 e. The lowest BCUT2D eigenvalue weighted by molar-refractivity contribution is -0.119. The minimum Gasteiger partial charge on any atom is -0.336 e. The first kappa shape index (κ1) is 11.4. The molecule has 0 bridgehead atoms. The quantitative estimate of drug-likeness (QED) is 0.785. The van der Waals surface area contributed by atoms with Gasteiger partial charge in [0.2, 0.25) is 0 Å². The van der Waals surface area contributed by atoms with Crippen LogP contribution >= 0.6 is 0 Å². The summed E-state index contributed by atoms with van der Waals surface area (Å²) in [5.74, 6) is -0.597. The van der Waals surface area contributed by atoms with Crippen molar-refractivity contribution in [2.75, 3.05) is 18.5 Å². The number of benzene rings is 1. The van der Waals surface area contributed by atoms with Gasteiger partial charge in [0.25, 0.3) is 5.91 Å². The van der Waals surface area contributed by atoms with Crippen molar-refractivity contribution >= 4 is 17.6 Å². The van der Waals surface area contributed by atoms with Gasteiger partial charge in [0.15, 0.2) is 0 Å². The van der Waals surface area contributed by atoms with Gasteiger partial charge in [-0.1, -0.05) is 0 Å². The Hall–Kier alpha value is -2.11. The van der Waals surface area contributed by atoms with Crippen LogP contribution in [0.5, 0.6) is 0 Å². The molecule has 0 saturated carbocycles. The molecule has 90 valence electrons. The van der Waals surface area contributed by atoms with Crippen molar-refractivity contribution in [1.29, 1.82) is 0 Å². The first-order chi connectivity index (χ1) is 8.08. The van der Waals surface area contributed by atoms with E-state index in [2.05, 4.69) is 10.6 Å². The fraction of sp³-hybridized carbons (Fsp3) is 0.273. The molecule has 1 aliphatic rings. The molecule has 1 fully saturated rings. The molecule has 0 spiro atoms. The van der Waals surface area contributed by atoms with E-state index in [4.69, 9.17) is 0 Å². The molecule has 1 aliphatic heterocycles. The van der Waals surface area contributed by atoms with E-state index in [9.17, 15) is 14.0 Å². The monoisotopic (exact) mass is 237 g/mol. The molecule has 2 N–H and O–H groups in total. The molecule has 1 aromatic rings. The van der Waals surface area contributed by atoms with Crippen molar-refractivity contribution in [3.05, 3.63) is 30.1 Å². The Morgan fingerprint density at radius 1 is 1.41 bits per heavy atom. The van der Waals surface area contributed by atoms with E-state index in [1.54, 1.807) is 7.05 Å². The predicted molar refractivity (Wildman–Crippen MR) is 60.1 cm³/mol. The summed E-state index contributed by atoms with van der Waals surface area (Å²) < 4.78 is 12.7. The number of likely N-dealkylation sites (N-methyl/N-ethyl adjacent to an activating group) is 1. The van der Waals surface area contributed by atoms with Gasteiger partial charge >= 0.3 is 6.03 Å². The number of nitrogens with one attached hydrogen (secondary N) is 2. The normalized spacial score (nSPS) is 18.5. The number of rotatable bonds is 2. The molecule has 1 atom stereocenters. The van der Waals surface area contributed by atoms with Gasteiger partial charge in [-0.15, -0.1) is 0 Å². The van der Waals surface area contributed by atoms with Gasteiger partial charge in [-0.05, 0) is 24.3 Å². The van der Waals surface area contributed by atoms with Crippen LogP contribution in [0.15, 0.2) is 24.3 Å². The number of amides is 3. The zero-order valence-electron chi connectivity index (χ0n) is 9.24. The second-order valence-corrected chi connectivity index (χ2v) is 3.78. The summed E-state index contributed by atoms with van der Waals surface area (Å²) in [6.45, 7) is 0.267. The van der Waals surface area contributed by atoms with Crippen LogP contribution in [0.25, 0.3) is 0 Å². The maximum absolute atomic E-state index is 12.7. The van der Waals surface area contributed by atoms with Crippen LogP contribution in [0.3, 0.4) is 0 Å². The smallest absolute Gasteiger partial charge is 0.315 e. The topological polar surface area (TPSA) is 61.4 Å². The summed E-state index contributed by atoms with van der Waals surface area (Å²) in [7, 11) is 1.58. The second kappa shape index (κ2) is 4.40. The molecule has 3 amide bonds. The average molecular weight is 237 g/mol. The third-order valence-corrected chi connectivity index (χ3v) is 2.61. The zero-order chi connectivity index (χ0) is 12.4. The highest BCUT2D eigenvalue weighted by atomic mass is 19.1. The highest BCUT2D eigenvalue weighted by molar-refractivity contribution is 6.00. The molecule has 0 unspecified atom stereocenters. The van der Waals surface area contributed by atoms with Gasteiger partial charge in [-0.25, -0.2) is 9.18 Å². The van der Waals surface area contributed by atoms with Gasteiger partial charge < -0.3 is 15.5 Å². The first-order valence-electron chi connectivity index (χ1n) is 5.15. The van der Waals surface area contributed by atoms with Gasteiger partial charge in [0.1, 0.15) is 11.9 Å². The number of hydrogen-bond donors (Lipinski definition) is 2. The molecular formula is C11H12FN3O2. The fourth-order valence-electron chi connectivity index (χ4n) is 1.63. The summed E-state index contributed by atoms with van der Waals surface area (Å²) in [5, 5.41) is 5.01. The van der Waals surface area contributed by atoms with Crippen molar-refractivity contribution in [2.24, 2.45) is 0 Å². The van der Waals surface area contributed by atoms with Crippen LogP contribution in [0.4, 0.5) is 14.9 Å².